The molecule has 0 bridgehead atoms. The van der Waals surface area contributed by atoms with Gasteiger partial charge >= 0.3 is 0 Å². The van der Waals surface area contributed by atoms with Crippen LogP contribution in [0.15, 0.2) is 35.9 Å². The van der Waals surface area contributed by atoms with Gasteiger partial charge in [-0.3, -0.25) is 0 Å². The number of hydrogen-bond acceptors (Lipinski definition) is 8. The van der Waals surface area contributed by atoms with Crippen molar-refractivity contribution in [1.29, 1.82) is 0 Å². The molecule has 1 aliphatic rings. The first-order chi connectivity index (χ1) is 20.0. The van der Waals surface area contributed by atoms with Crippen molar-refractivity contribution >= 4 is 0 Å². The number of ether oxygens (including phenoxy) is 6. The molecule has 0 fully saturated rings. The molecule has 0 saturated heterocycles. The van der Waals surface area contributed by atoms with E-state index in [1.165, 1.54) is 12.0 Å². The van der Waals surface area contributed by atoms with Gasteiger partial charge in [0, 0.05) is 11.5 Å². The first-order valence-electron chi connectivity index (χ1n) is 15.3. The van der Waals surface area contributed by atoms with Gasteiger partial charge in [-0.25, -0.2) is 0 Å². The highest BCUT2D eigenvalue weighted by Crippen LogP contribution is 2.47. The number of phenols is 1. The summed E-state index contributed by atoms with van der Waals surface area (Å²) in [7, 11) is 0. The predicted octanol–water partition coefficient (Wildman–Crippen LogP) is 5.60. The van der Waals surface area contributed by atoms with Crippen molar-refractivity contribution in [3.63, 3.8) is 0 Å². The number of aryl methyl sites for hydroxylation is 1. The van der Waals surface area contributed by atoms with Gasteiger partial charge in [0.1, 0.15) is 18.1 Å². The first-order valence-corrected chi connectivity index (χ1v) is 15.3. The second kappa shape index (κ2) is 21.7. The van der Waals surface area contributed by atoms with E-state index < -0.39 is 0 Å². The summed E-state index contributed by atoms with van der Waals surface area (Å²) in [5.74, 6) is 1.39. The van der Waals surface area contributed by atoms with Gasteiger partial charge in [-0.05, 0) is 63.1 Å². The Hall–Kier alpha value is -1.94. The van der Waals surface area contributed by atoms with Crippen LogP contribution >= 0.6 is 0 Å². The van der Waals surface area contributed by atoms with E-state index >= 15 is 0 Å². The van der Waals surface area contributed by atoms with Crippen LogP contribution in [0.5, 0.6) is 11.5 Å². The average molecular weight is 579 g/mol. The fraction of sp³-hybridized carbons (Fsp3) is 0.697. The molecule has 1 aliphatic carbocycles. The number of rotatable bonds is 24. The molecule has 1 aromatic rings. The Balaban J connectivity index is 1.75. The predicted molar refractivity (Wildman–Crippen MR) is 162 cm³/mol. The molecule has 0 unspecified atom stereocenters. The third-order valence-corrected chi connectivity index (χ3v) is 7.17. The number of unbranched alkanes of at least 4 members (excludes halogenated alkanes) is 2. The van der Waals surface area contributed by atoms with Crippen LogP contribution < -0.4 is 4.74 Å². The fourth-order valence-corrected chi connectivity index (χ4v) is 5.01. The standard InChI is InChI=1S/C33H54O8/c1-5-6-7-8-28-24-31(35)33(30-23-27(4)9-10-29(30)26(2)3)32(25-28)41-22-21-40-20-19-39-18-17-38-16-15-37-14-13-36-12-11-34/h23-25,29-30,34-35H,2,5-22H2,1,3-4H3/t29-,30+/m0/s1. The fourth-order valence-electron chi connectivity index (χ4n) is 5.01. The SMILES string of the molecule is C=C(C)[C@@H]1CCC(C)=C[C@H]1c1c(O)cc(CCCCC)cc1OCCOCCOCCOCCOCCOCCO. The number of aliphatic hydroxyl groups excluding tert-OH is 1. The highest BCUT2D eigenvalue weighted by Gasteiger charge is 2.30. The zero-order valence-electron chi connectivity index (χ0n) is 25.7. The van der Waals surface area contributed by atoms with Gasteiger partial charge in [0.15, 0.2) is 0 Å². The van der Waals surface area contributed by atoms with Crippen LogP contribution in [0.4, 0.5) is 0 Å². The van der Waals surface area contributed by atoms with E-state index in [-0.39, 0.29) is 18.4 Å². The molecule has 2 rings (SSSR count). The maximum Gasteiger partial charge on any atom is 0.127 e. The largest absolute Gasteiger partial charge is 0.507 e. The highest BCUT2D eigenvalue weighted by atomic mass is 16.6. The summed E-state index contributed by atoms with van der Waals surface area (Å²) >= 11 is 0. The highest BCUT2D eigenvalue weighted by molar-refractivity contribution is 5.52. The molecule has 8 heteroatoms. The van der Waals surface area contributed by atoms with E-state index in [2.05, 4.69) is 39.5 Å². The normalized spacial score (nSPS) is 17.0. The van der Waals surface area contributed by atoms with Crippen LogP contribution in [0.1, 0.15) is 69.9 Å². The van der Waals surface area contributed by atoms with Gasteiger partial charge < -0.3 is 38.6 Å². The smallest absolute Gasteiger partial charge is 0.127 e. The lowest BCUT2D eigenvalue weighted by Crippen LogP contribution is -2.19. The lowest BCUT2D eigenvalue weighted by atomic mass is 9.73. The topological polar surface area (TPSA) is 95.8 Å². The zero-order chi connectivity index (χ0) is 29.7. The monoisotopic (exact) mass is 578 g/mol. The van der Waals surface area contributed by atoms with Crippen molar-refractivity contribution < 1.29 is 38.6 Å². The third kappa shape index (κ3) is 14.2. The Morgan fingerprint density at radius 2 is 1.41 bits per heavy atom. The van der Waals surface area contributed by atoms with E-state index in [9.17, 15) is 5.11 Å². The Labute approximate surface area is 247 Å². The third-order valence-electron chi connectivity index (χ3n) is 7.17. The van der Waals surface area contributed by atoms with Crippen molar-refractivity contribution in [3.05, 3.63) is 47.1 Å². The van der Waals surface area contributed by atoms with Crippen LogP contribution in [0.3, 0.4) is 0 Å². The number of hydrogen-bond donors (Lipinski definition) is 2. The Kier molecular flexibility index (Phi) is 18.7. The van der Waals surface area contributed by atoms with Crippen LogP contribution in [-0.2, 0) is 30.1 Å². The molecule has 0 aliphatic heterocycles. The molecule has 2 N–H and O–H groups in total. The van der Waals surface area contributed by atoms with Gasteiger partial charge in [0.25, 0.3) is 0 Å². The van der Waals surface area contributed by atoms with Crippen molar-refractivity contribution in [2.45, 2.75) is 65.2 Å². The molecular weight excluding hydrogens is 524 g/mol. The van der Waals surface area contributed by atoms with Gasteiger partial charge in [-0.2, -0.15) is 0 Å². The molecule has 0 spiro atoms. The van der Waals surface area contributed by atoms with E-state index in [0.29, 0.717) is 78.4 Å². The van der Waals surface area contributed by atoms with Crippen molar-refractivity contribution in [2.24, 2.45) is 5.92 Å². The Morgan fingerprint density at radius 1 is 0.854 bits per heavy atom. The maximum absolute atomic E-state index is 11.2. The van der Waals surface area contributed by atoms with E-state index in [0.717, 1.165) is 54.6 Å². The molecule has 0 aromatic heterocycles. The van der Waals surface area contributed by atoms with Crippen molar-refractivity contribution in [3.8, 4) is 11.5 Å². The van der Waals surface area contributed by atoms with Crippen LogP contribution in [-0.4, -0.2) is 89.5 Å². The molecule has 0 saturated carbocycles. The number of aromatic hydroxyl groups is 1. The molecule has 0 amide bonds. The Bertz CT molecular complexity index is 884. The van der Waals surface area contributed by atoms with Gasteiger partial charge in [-0.1, -0.05) is 43.6 Å². The molecule has 1 aromatic carbocycles. The molecule has 8 nitrogen and oxygen atoms in total. The zero-order valence-corrected chi connectivity index (χ0v) is 25.7. The molecule has 0 radical (unpaired) electrons. The minimum absolute atomic E-state index is 0.0243. The quantitative estimate of drug-likeness (QED) is 0.121. The number of allylic oxidation sites excluding steroid dienone is 3. The second-order valence-corrected chi connectivity index (χ2v) is 10.6. The number of aliphatic hydroxyl groups is 1. The van der Waals surface area contributed by atoms with Crippen LogP contribution in [0.2, 0.25) is 0 Å². The summed E-state index contributed by atoms with van der Waals surface area (Å²) in [6.07, 6.45) is 8.71. The minimum Gasteiger partial charge on any atom is -0.507 e. The van der Waals surface area contributed by atoms with Crippen LogP contribution in [0.25, 0.3) is 0 Å². The van der Waals surface area contributed by atoms with Crippen LogP contribution in [0, 0.1) is 5.92 Å². The number of benzene rings is 1. The summed E-state index contributed by atoms with van der Waals surface area (Å²) in [6.45, 7) is 15.8. The van der Waals surface area contributed by atoms with Crippen molar-refractivity contribution in [1.82, 2.24) is 0 Å². The van der Waals surface area contributed by atoms with E-state index in [1.807, 2.05) is 6.07 Å². The minimum atomic E-state index is 0.0243. The van der Waals surface area contributed by atoms with E-state index in [1.54, 1.807) is 0 Å². The summed E-state index contributed by atoms with van der Waals surface area (Å²) in [4.78, 5) is 0. The van der Waals surface area contributed by atoms with Gasteiger partial charge in [-0.15, -0.1) is 0 Å². The Morgan fingerprint density at radius 3 is 1.95 bits per heavy atom. The number of phenolic OH excluding ortho intramolecular Hbond substituents is 1. The first kappa shape index (κ1) is 35.3. The summed E-state index contributed by atoms with van der Waals surface area (Å²) < 4.78 is 33.5. The van der Waals surface area contributed by atoms with Gasteiger partial charge in [0.2, 0.25) is 0 Å². The molecule has 234 valence electrons. The van der Waals surface area contributed by atoms with E-state index in [4.69, 9.17) is 33.5 Å². The molecular formula is C33H54O8. The maximum atomic E-state index is 11.2. The molecule has 41 heavy (non-hydrogen) atoms. The summed E-state index contributed by atoms with van der Waals surface area (Å²) in [6, 6.07) is 4.03. The lowest BCUT2D eigenvalue weighted by Gasteiger charge is -2.32. The second-order valence-electron chi connectivity index (χ2n) is 10.6. The lowest BCUT2D eigenvalue weighted by molar-refractivity contribution is -0.0147. The average Bonchev–Trinajstić information content (AvgIpc) is 2.94. The summed E-state index contributed by atoms with van der Waals surface area (Å²) in [5.41, 5.74) is 4.44. The molecule has 0 heterocycles. The summed E-state index contributed by atoms with van der Waals surface area (Å²) in [5, 5.41) is 19.8. The molecule has 2 atom stereocenters. The van der Waals surface area contributed by atoms with Gasteiger partial charge in [0.05, 0.1) is 72.7 Å². The van der Waals surface area contributed by atoms with Crippen molar-refractivity contribution in [2.75, 3.05) is 79.3 Å².